The van der Waals surface area contributed by atoms with Crippen LogP contribution in [0.5, 0.6) is 0 Å². The van der Waals surface area contributed by atoms with Gasteiger partial charge in [0.2, 0.25) is 0 Å². The molecule has 0 aromatic rings. The van der Waals surface area contributed by atoms with Crippen LogP contribution in [-0.4, -0.2) is 24.4 Å². The van der Waals surface area contributed by atoms with Crippen molar-refractivity contribution in [3.8, 4) is 0 Å². The Bertz CT molecular complexity index is 117. The van der Waals surface area contributed by atoms with Gasteiger partial charge in [-0.05, 0) is 25.9 Å². The van der Waals surface area contributed by atoms with Gasteiger partial charge in [-0.3, -0.25) is 4.90 Å². The van der Waals surface area contributed by atoms with E-state index in [1.54, 1.807) is 0 Å². The van der Waals surface area contributed by atoms with E-state index < -0.39 is 0 Å². The van der Waals surface area contributed by atoms with Crippen LogP contribution in [0.3, 0.4) is 0 Å². The van der Waals surface area contributed by atoms with Crippen molar-refractivity contribution in [2.45, 2.75) is 33.1 Å². The number of rotatable bonds is 7. The summed E-state index contributed by atoms with van der Waals surface area (Å²) >= 11 is 8.60. The van der Waals surface area contributed by atoms with Crippen molar-refractivity contribution in [3.05, 3.63) is 0 Å². The number of hydrogen-bond acceptors (Lipinski definition) is 3. The Hall–Kier alpha value is 1.01. The first-order valence-electron chi connectivity index (χ1n) is 4.86. The summed E-state index contributed by atoms with van der Waals surface area (Å²) in [5, 5.41) is 0. The molecule has 0 heterocycles. The number of nitrogens with zero attached hydrogens (tertiary/aromatic N) is 1. The highest BCUT2D eigenvalue weighted by Gasteiger charge is 2.00. The number of unbranched alkanes of at least 4 members (excludes halogenated alkanes) is 1. The van der Waals surface area contributed by atoms with Crippen molar-refractivity contribution in [1.82, 2.24) is 4.90 Å². The summed E-state index contributed by atoms with van der Waals surface area (Å²) in [7, 11) is 1.79. The van der Waals surface area contributed by atoms with Gasteiger partial charge >= 0.3 is 0 Å². The molecule has 0 aromatic carbocycles. The van der Waals surface area contributed by atoms with Gasteiger partial charge < -0.3 is 0 Å². The minimum Gasteiger partial charge on any atom is -0.297 e. The summed E-state index contributed by atoms with van der Waals surface area (Å²) in [6.45, 7) is 5.75. The molecule has 82 valence electrons. The lowest BCUT2D eigenvalue weighted by atomic mass is 10.1. The largest absolute Gasteiger partial charge is 0.297 e. The summed E-state index contributed by atoms with van der Waals surface area (Å²) < 4.78 is 0. The van der Waals surface area contributed by atoms with Crippen LogP contribution in [-0.2, 0) is 0 Å². The molecule has 0 aliphatic carbocycles. The van der Waals surface area contributed by atoms with Gasteiger partial charge in [-0.15, -0.1) is 32.3 Å². The van der Waals surface area contributed by atoms with Gasteiger partial charge in [-0.25, -0.2) is 0 Å². The van der Waals surface area contributed by atoms with E-state index in [4.69, 9.17) is 0 Å². The van der Waals surface area contributed by atoms with Crippen LogP contribution in [0.1, 0.15) is 33.1 Å². The zero-order valence-corrected chi connectivity index (χ0v) is 11.6. The minimum absolute atomic E-state index is 0.358. The molecule has 0 rings (SSSR count). The van der Waals surface area contributed by atoms with Crippen molar-refractivity contribution in [2.75, 3.05) is 19.5 Å². The fourth-order valence-corrected chi connectivity index (χ4v) is 3.09. The molecular weight excluding hydrogens is 218 g/mol. The topological polar surface area (TPSA) is 3.24 Å². The molecule has 0 amide bonds. The molecule has 13 heavy (non-hydrogen) atoms. The molecule has 0 fully saturated rings. The summed E-state index contributed by atoms with van der Waals surface area (Å²) in [5.41, 5.74) is 0. The molecule has 4 heteroatoms. The van der Waals surface area contributed by atoms with E-state index in [0.717, 1.165) is 11.8 Å². The highest BCUT2D eigenvalue weighted by Crippen LogP contribution is 2.34. The molecule has 0 aliphatic rings. The van der Waals surface area contributed by atoms with Crippen LogP contribution in [0.15, 0.2) is 0 Å². The zero-order valence-electron chi connectivity index (χ0n) is 8.90. The molecule has 0 saturated heterocycles. The van der Waals surface area contributed by atoms with E-state index in [-0.39, 0.29) is 8.96 Å². The Morgan fingerprint density at radius 2 is 1.85 bits per heavy atom. The van der Waals surface area contributed by atoms with Crippen molar-refractivity contribution < 1.29 is 0 Å². The van der Waals surface area contributed by atoms with Crippen LogP contribution >= 0.6 is 32.3 Å². The molecule has 0 atom stereocenters. The van der Waals surface area contributed by atoms with Gasteiger partial charge in [0, 0.05) is 5.88 Å². The predicted molar refractivity (Wildman–Crippen MR) is 73.1 cm³/mol. The lowest BCUT2D eigenvalue weighted by Crippen LogP contribution is -2.19. The summed E-state index contributed by atoms with van der Waals surface area (Å²) in [5.74, 6) is 1.88. The monoisotopic (exact) mass is 241 g/mol. The second-order valence-electron chi connectivity index (χ2n) is 3.98. The van der Waals surface area contributed by atoms with E-state index in [9.17, 15) is 0 Å². The molecular formula is C9H23NS3. The molecule has 0 aromatic heterocycles. The summed E-state index contributed by atoms with van der Waals surface area (Å²) in [4.78, 5) is 2.33. The molecule has 0 N–H and O–H groups in total. The second-order valence-corrected chi connectivity index (χ2v) is 8.85. The molecule has 0 radical (unpaired) electrons. The Morgan fingerprint density at radius 3 is 2.31 bits per heavy atom. The fourth-order valence-electron chi connectivity index (χ4n) is 1.22. The lowest BCUT2D eigenvalue weighted by Gasteiger charge is -2.19. The predicted octanol–water partition coefficient (Wildman–Crippen LogP) is 3.39. The maximum atomic E-state index is 4.30. The maximum absolute atomic E-state index is 4.30. The smallest absolute Gasteiger partial charge is 0.0424 e. The average molecular weight is 241 g/mol. The van der Waals surface area contributed by atoms with Crippen molar-refractivity contribution in [1.29, 1.82) is 0 Å². The first-order chi connectivity index (χ1) is 6.02. The van der Waals surface area contributed by atoms with E-state index in [0.29, 0.717) is 0 Å². The number of hydrogen-bond donors (Lipinski definition) is 3. The highest BCUT2D eigenvalue weighted by molar-refractivity contribution is 9.09. The van der Waals surface area contributed by atoms with Crippen LogP contribution in [0.4, 0.5) is 0 Å². The summed E-state index contributed by atoms with van der Waals surface area (Å²) in [6.07, 6.45) is 4.00. The number of thiol groups is 3. The van der Waals surface area contributed by atoms with Crippen LogP contribution < -0.4 is 0 Å². The third-order valence-electron chi connectivity index (χ3n) is 1.94. The maximum Gasteiger partial charge on any atom is 0.0424 e. The Kier molecular flexibility index (Phi) is 8.98. The van der Waals surface area contributed by atoms with E-state index >= 15 is 0 Å². The first kappa shape index (κ1) is 14.0. The van der Waals surface area contributed by atoms with E-state index in [1.165, 1.54) is 25.8 Å². The molecule has 0 spiro atoms. The summed E-state index contributed by atoms with van der Waals surface area (Å²) in [6, 6.07) is 0. The third kappa shape index (κ3) is 10.9. The SMILES string of the molecule is CC(C)CCCCN(C)C[SH](S)S. The Morgan fingerprint density at radius 1 is 1.23 bits per heavy atom. The van der Waals surface area contributed by atoms with Crippen LogP contribution in [0.25, 0.3) is 0 Å². The van der Waals surface area contributed by atoms with E-state index in [1.807, 2.05) is 0 Å². The highest BCUT2D eigenvalue weighted by atomic mass is 33.5. The van der Waals surface area contributed by atoms with Crippen molar-refractivity contribution >= 4 is 32.3 Å². The van der Waals surface area contributed by atoms with Crippen molar-refractivity contribution in [2.24, 2.45) is 5.92 Å². The van der Waals surface area contributed by atoms with Crippen LogP contribution in [0, 0.1) is 5.92 Å². The second kappa shape index (κ2) is 8.33. The normalized spacial score (nSPS) is 12.7. The van der Waals surface area contributed by atoms with Gasteiger partial charge in [0.25, 0.3) is 0 Å². The molecule has 1 nitrogen and oxygen atoms in total. The Labute approximate surface area is 95.6 Å². The van der Waals surface area contributed by atoms with Crippen LogP contribution in [0.2, 0.25) is 0 Å². The van der Waals surface area contributed by atoms with Gasteiger partial charge in [-0.1, -0.05) is 26.7 Å². The van der Waals surface area contributed by atoms with E-state index in [2.05, 4.69) is 49.1 Å². The Balaban J connectivity index is 3.22. The quantitative estimate of drug-likeness (QED) is 0.350. The molecule has 0 unspecified atom stereocenters. The first-order valence-corrected chi connectivity index (χ1v) is 8.69. The molecule has 0 aliphatic heterocycles. The molecule has 0 saturated carbocycles. The lowest BCUT2D eigenvalue weighted by molar-refractivity contribution is 0.371. The molecule has 0 bridgehead atoms. The van der Waals surface area contributed by atoms with Crippen molar-refractivity contribution in [3.63, 3.8) is 0 Å². The third-order valence-corrected chi connectivity index (χ3v) is 3.43. The minimum atomic E-state index is -0.358. The van der Waals surface area contributed by atoms with Gasteiger partial charge in [-0.2, -0.15) is 0 Å². The fraction of sp³-hybridized carbons (Fsp3) is 1.00. The van der Waals surface area contributed by atoms with Gasteiger partial charge in [0.1, 0.15) is 0 Å². The standard InChI is InChI=1S/C9H23NS3/c1-9(2)6-4-5-7-10(3)8-13(11)12/h9,11-13H,4-8H2,1-3H3. The average Bonchev–Trinajstić information content (AvgIpc) is 1.96. The van der Waals surface area contributed by atoms with Gasteiger partial charge in [0.05, 0.1) is 0 Å². The zero-order chi connectivity index (χ0) is 10.3. The van der Waals surface area contributed by atoms with Gasteiger partial charge in [0.15, 0.2) is 0 Å².